The largest absolute Gasteiger partial charge is 0.472 e. The Kier molecular flexibility index (Phi) is 14.2. The number of fused-ring (bicyclic) bond motifs is 1. The summed E-state index contributed by atoms with van der Waals surface area (Å²) in [5, 5.41) is 13.9. The standard InChI is InChI=1S/C29H41N9O17P2S/c1-3-4-5-20(39)35-15(7-9-58(2,48)49)28(41)54-24-18(53-27(23(24)40)38-14-34-22-25(31)32-13-33-26(22)38)12-51-57(46,47)55-16-10-21(37-8-6-19(30)36-29(37)42)52-17(16)11-50-56(43,44)45/h3,6,8,13-18,21,23-24,27,40H,1,4-5,7,9-12H2,2H3,(H,35,39)(H,46,47)(H2,30,36,42)(H2,31,32,33)(H2,43,44,45)/t15-,16+,17-,18+,21-,23-,24-,27-/m1/s1. The summed E-state index contributed by atoms with van der Waals surface area (Å²) in [6, 6.07) is -0.286. The summed E-state index contributed by atoms with van der Waals surface area (Å²) in [5.41, 5.74) is 10.7. The number of amides is 1. The topological polar surface area (TPSA) is 381 Å². The van der Waals surface area contributed by atoms with Gasteiger partial charge in [0.05, 0.1) is 25.3 Å². The lowest BCUT2D eigenvalue weighted by atomic mass is 10.1. The van der Waals surface area contributed by atoms with Gasteiger partial charge in [-0.05, 0) is 18.9 Å². The first kappa shape index (κ1) is 44.9. The number of hydrogen-bond donors (Lipinski definition) is 7. The van der Waals surface area contributed by atoms with Crippen molar-refractivity contribution in [2.24, 2.45) is 0 Å². The highest BCUT2D eigenvalue weighted by Gasteiger charge is 2.50. The average Bonchev–Trinajstić information content (AvgIpc) is 3.82. The first-order chi connectivity index (χ1) is 27.1. The van der Waals surface area contributed by atoms with Crippen LogP contribution in [0.4, 0.5) is 11.6 Å². The van der Waals surface area contributed by atoms with Gasteiger partial charge in [-0.15, -0.1) is 6.58 Å². The van der Waals surface area contributed by atoms with Crippen molar-refractivity contribution < 1.29 is 74.7 Å². The number of aliphatic hydroxyl groups excluding tert-OH is 1. The lowest BCUT2D eigenvalue weighted by Crippen LogP contribution is -2.47. The molecule has 9 N–H and O–H groups in total. The van der Waals surface area contributed by atoms with E-state index >= 15 is 0 Å². The summed E-state index contributed by atoms with van der Waals surface area (Å²) < 4.78 is 83.3. The highest BCUT2D eigenvalue weighted by Crippen LogP contribution is 2.50. The van der Waals surface area contributed by atoms with Crippen molar-refractivity contribution in [1.82, 2.24) is 34.4 Å². The number of nitrogens with two attached hydrogens (primary N) is 2. The molecule has 320 valence electrons. The average molecular weight is 882 g/mol. The number of phosphoric ester groups is 2. The maximum absolute atomic E-state index is 13.6. The maximum Gasteiger partial charge on any atom is 0.472 e. The third-order valence-corrected chi connectivity index (χ3v) is 11.1. The Balaban J connectivity index is 1.38. The molecule has 0 spiro atoms. The molecule has 58 heavy (non-hydrogen) atoms. The Morgan fingerprint density at radius 3 is 2.52 bits per heavy atom. The van der Waals surface area contributed by atoms with Crippen LogP contribution in [0.2, 0.25) is 0 Å². The Labute approximate surface area is 328 Å². The van der Waals surface area contributed by atoms with Gasteiger partial charge >= 0.3 is 27.3 Å². The van der Waals surface area contributed by atoms with E-state index in [0.717, 1.165) is 17.2 Å². The van der Waals surface area contributed by atoms with Gasteiger partial charge < -0.3 is 50.8 Å². The minimum Gasteiger partial charge on any atom is -0.455 e. The molecule has 0 aromatic carbocycles. The molecule has 0 bridgehead atoms. The second-order valence-corrected chi connectivity index (χ2v) is 17.9. The van der Waals surface area contributed by atoms with Crippen molar-refractivity contribution >= 4 is 60.2 Å². The number of carbonyl (C=O) groups is 2. The van der Waals surface area contributed by atoms with E-state index in [2.05, 4.69) is 36.4 Å². The van der Waals surface area contributed by atoms with E-state index in [-0.39, 0.29) is 42.1 Å². The number of nitrogen functional groups attached to an aromatic ring is 2. The van der Waals surface area contributed by atoms with E-state index in [1.54, 1.807) is 0 Å². The number of rotatable bonds is 19. The van der Waals surface area contributed by atoms with Crippen LogP contribution in [-0.4, -0.2) is 131 Å². The van der Waals surface area contributed by atoms with Gasteiger partial charge in [-0.2, -0.15) is 4.98 Å². The second kappa shape index (κ2) is 18.4. The van der Waals surface area contributed by atoms with Crippen molar-refractivity contribution in [1.29, 1.82) is 0 Å². The van der Waals surface area contributed by atoms with Gasteiger partial charge in [-0.25, -0.2) is 42.1 Å². The molecule has 3 aromatic heterocycles. The molecule has 26 nitrogen and oxygen atoms in total. The van der Waals surface area contributed by atoms with Crippen molar-refractivity contribution in [2.75, 3.05) is 36.7 Å². The van der Waals surface area contributed by atoms with Crippen molar-refractivity contribution in [2.45, 2.75) is 74.7 Å². The van der Waals surface area contributed by atoms with E-state index in [0.29, 0.717) is 0 Å². The molecule has 2 aliphatic rings. The van der Waals surface area contributed by atoms with Crippen LogP contribution in [0.15, 0.2) is 42.4 Å². The number of aromatic nitrogens is 6. The summed E-state index contributed by atoms with van der Waals surface area (Å²) in [6.45, 7) is 1.70. The summed E-state index contributed by atoms with van der Waals surface area (Å²) >= 11 is 0. The zero-order chi connectivity index (χ0) is 42.6. The minimum atomic E-state index is -5.26. The quantitative estimate of drug-likeness (QED) is 0.0397. The van der Waals surface area contributed by atoms with E-state index in [1.165, 1.54) is 29.2 Å². The number of aliphatic hydroxyl groups is 1. The number of nitrogens with one attached hydrogen (secondary N) is 1. The molecule has 5 rings (SSSR count). The lowest BCUT2D eigenvalue weighted by Gasteiger charge is -2.25. The Hall–Kier alpha value is -4.24. The number of phosphoric acid groups is 2. The van der Waals surface area contributed by atoms with Gasteiger partial charge in [0.1, 0.15) is 64.2 Å². The van der Waals surface area contributed by atoms with Gasteiger partial charge in [0, 0.05) is 25.3 Å². The van der Waals surface area contributed by atoms with Crippen LogP contribution in [0.1, 0.15) is 38.1 Å². The van der Waals surface area contributed by atoms with Crippen LogP contribution in [0, 0.1) is 0 Å². The summed E-state index contributed by atoms with van der Waals surface area (Å²) in [4.78, 5) is 83.7. The summed E-state index contributed by atoms with van der Waals surface area (Å²) in [5.74, 6) is -2.54. The molecule has 5 heterocycles. The van der Waals surface area contributed by atoms with Gasteiger partial charge in [0.15, 0.2) is 23.8 Å². The second-order valence-electron chi connectivity index (χ2n) is 13.0. The predicted molar refractivity (Wildman–Crippen MR) is 195 cm³/mol. The molecular formula is C29H41N9O17P2S. The van der Waals surface area contributed by atoms with Gasteiger partial charge in [-0.3, -0.25) is 27.5 Å². The number of allylic oxidation sites excluding steroid dienone is 1. The van der Waals surface area contributed by atoms with E-state index in [4.69, 9.17) is 34.7 Å². The van der Waals surface area contributed by atoms with E-state index in [1.807, 2.05) is 0 Å². The van der Waals surface area contributed by atoms with Gasteiger partial charge in [0.25, 0.3) is 0 Å². The molecular weight excluding hydrogens is 840 g/mol. The third-order valence-electron chi connectivity index (χ3n) is 8.62. The van der Waals surface area contributed by atoms with Crippen LogP contribution in [0.25, 0.3) is 11.2 Å². The number of esters is 1. The minimum absolute atomic E-state index is 0.0291. The molecule has 2 aliphatic heterocycles. The first-order valence-corrected chi connectivity index (χ1v) is 22.1. The summed E-state index contributed by atoms with van der Waals surface area (Å²) in [7, 11) is -14.0. The first-order valence-electron chi connectivity index (χ1n) is 17.1. The number of sulfone groups is 1. The number of ether oxygens (including phenoxy) is 3. The number of hydrogen-bond acceptors (Lipinski definition) is 20. The fourth-order valence-corrected chi connectivity index (χ4v) is 7.86. The highest BCUT2D eigenvalue weighted by molar-refractivity contribution is 7.90. The van der Waals surface area contributed by atoms with Crippen molar-refractivity contribution in [3.63, 3.8) is 0 Å². The van der Waals surface area contributed by atoms with E-state index in [9.17, 15) is 51.7 Å². The van der Waals surface area contributed by atoms with Gasteiger partial charge in [0.2, 0.25) is 5.91 Å². The fraction of sp³-hybridized carbons (Fsp3) is 0.552. The molecule has 0 saturated carbocycles. The molecule has 2 fully saturated rings. The van der Waals surface area contributed by atoms with Crippen molar-refractivity contribution in [3.8, 4) is 0 Å². The monoisotopic (exact) mass is 881 g/mol. The molecule has 1 amide bonds. The van der Waals surface area contributed by atoms with Crippen LogP contribution >= 0.6 is 15.6 Å². The zero-order valence-electron chi connectivity index (χ0n) is 30.4. The predicted octanol–water partition coefficient (Wildman–Crippen LogP) is -1.80. The Morgan fingerprint density at radius 1 is 1.12 bits per heavy atom. The number of imidazole rings is 1. The summed E-state index contributed by atoms with van der Waals surface area (Å²) in [6.07, 6.45) is -5.67. The van der Waals surface area contributed by atoms with Gasteiger partial charge in [-0.1, -0.05) is 6.08 Å². The molecule has 0 aliphatic carbocycles. The van der Waals surface area contributed by atoms with Crippen LogP contribution in [0.5, 0.6) is 0 Å². The van der Waals surface area contributed by atoms with Crippen LogP contribution in [-0.2, 0) is 56.3 Å². The van der Waals surface area contributed by atoms with Crippen LogP contribution in [0.3, 0.4) is 0 Å². The molecule has 0 radical (unpaired) electrons. The maximum atomic E-state index is 13.6. The van der Waals surface area contributed by atoms with Crippen molar-refractivity contribution in [3.05, 3.63) is 48.1 Å². The normalized spacial score (nSPS) is 25.3. The van der Waals surface area contributed by atoms with E-state index < -0.39 is 117 Å². The smallest absolute Gasteiger partial charge is 0.455 e. The molecule has 9 atom stereocenters. The Bertz CT molecular complexity index is 2260. The number of carbonyl (C=O) groups excluding carboxylic acids is 2. The number of nitrogens with zero attached hydrogens (tertiary/aromatic N) is 6. The zero-order valence-corrected chi connectivity index (χ0v) is 33.0. The lowest BCUT2D eigenvalue weighted by molar-refractivity contribution is -0.160. The number of anilines is 2. The Morgan fingerprint density at radius 2 is 1.84 bits per heavy atom. The molecule has 2 saturated heterocycles. The SMILES string of the molecule is C=CCCC(=O)N[C@H](CCS(C)(=O)=O)C(=O)O[C@H]1[C@@H](O)[C@H](n2cnc3c(N)ncnc32)O[C@H]1COP(=O)(O)O[C@H]1C[C@H](n2ccc(N)nc2=O)O[C@@H]1COP(=O)(O)O. The molecule has 3 aromatic rings. The highest BCUT2D eigenvalue weighted by atomic mass is 32.2. The fourth-order valence-electron chi connectivity index (χ4n) is 5.90. The molecule has 29 heteroatoms. The molecule has 1 unspecified atom stereocenters. The third kappa shape index (κ3) is 11.7. The van der Waals surface area contributed by atoms with Crippen LogP contribution < -0.4 is 22.5 Å².